The van der Waals surface area contributed by atoms with Gasteiger partial charge in [0.1, 0.15) is 18.1 Å². The van der Waals surface area contributed by atoms with Crippen molar-refractivity contribution < 1.29 is 14.3 Å². The number of ether oxygens (including phenoxy) is 1. The van der Waals surface area contributed by atoms with Crippen LogP contribution in [0.1, 0.15) is 26.4 Å². The number of hydrogen-bond donors (Lipinski definition) is 3. The molecule has 144 valence electrons. The van der Waals surface area contributed by atoms with Crippen LogP contribution in [0.2, 0.25) is 0 Å². The van der Waals surface area contributed by atoms with Crippen LogP contribution in [0.15, 0.2) is 84.9 Å². The molecule has 0 aliphatic rings. The van der Waals surface area contributed by atoms with Gasteiger partial charge in [0, 0.05) is 16.5 Å². The number of benzene rings is 3. The molecule has 3 N–H and O–H groups in total. The summed E-state index contributed by atoms with van der Waals surface area (Å²) in [7, 11) is 0. The fourth-order valence-electron chi connectivity index (χ4n) is 2.88. The van der Waals surface area contributed by atoms with Gasteiger partial charge in [-0.15, -0.1) is 0 Å². The van der Waals surface area contributed by atoms with Crippen molar-refractivity contribution in [1.29, 1.82) is 0 Å². The van der Waals surface area contributed by atoms with E-state index in [1.165, 1.54) is 0 Å². The number of nitrogens with one attached hydrogen (secondary N) is 3. The SMILES string of the molecule is O=C(NNC(=O)c1cc2ccccc2[nH]1)c1ccc(COc2ccccc2)cc1. The fourth-order valence-corrected chi connectivity index (χ4v) is 2.88. The van der Waals surface area contributed by atoms with Gasteiger partial charge >= 0.3 is 0 Å². The summed E-state index contributed by atoms with van der Waals surface area (Å²) in [4.78, 5) is 27.5. The van der Waals surface area contributed by atoms with Crippen LogP contribution in [-0.4, -0.2) is 16.8 Å². The summed E-state index contributed by atoms with van der Waals surface area (Å²) in [5.41, 5.74) is 7.46. The maximum atomic E-state index is 12.3. The quantitative estimate of drug-likeness (QED) is 0.457. The zero-order valence-electron chi connectivity index (χ0n) is 15.5. The number of amides is 2. The first-order valence-corrected chi connectivity index (χ1v) is 9.14. The Labute approximate surface area is 167 Å². The van der Waals surface area contributed by atoms with Crippen molar-refractivity contribution in [2.24, 2.45) is 0 Å². The van der Waals surface area contributed by atoms with Crippen molar-refractivity contribution in [3.05, 3.63) is 102 Å². The highest BCUT2D eigenvalue weighted by Gasteiger charge is 2.11. The molecule has 4 rings (SSSR count). The minimum absolute atomic E-state index is 0.375. The molecule has 29 heavy (non-hydrogen) atoms. The molecule has 0 unspecified atom stereocenters. The van der Waals surface area contributed by atoms with Gasteiger partial charge < -0.3 is 9.72 Å². The Morgan fingerprint density at radius 2 is 1.48 bits per heavy atom. The first-order chi connectivity index (χ1) is 14.2. The summed E-state index contributed by atoms with van der Waals surface area (Å²) in [6, 6.07) is 25.8. The molecule has 0 fully saturated rings. The van der Waals surface area contributed by atoms with Crippen molar-refractivity contribution in [3.8, 4) is 5.75 Å². The third-order valence-corrected chi connectivity index (χ3v) is 4.43. The number of rotatable bonds is 5. The molecule has 0 atom stereocenters. The van der Waals surface area contributed by atoms with Crippen molar-refractivity contribution in [2.75, 3.05) is 0 Å². The molecule has 4 aromatic rings. The molecule has 0 spiro atoms. The van der Waals surface area contributed by atoms with Crippen molar-refractivity contribution in [3.63, 3.8) is 0 Å². The van der Waals surface area contributed by atoms with E-state index < -0.39 is 11.8 Å². The monoisotopic (exact) mass is 385 g/mol. The number of hydrogen-bond acceptors (Lipinski definition) is 3. The van der Waals surface area contributed by atoms with Crippen LogP contribution in [0.5, 0.6) is 5.75 Å². The number of carbonyl (C=O) groups excluding carboxylic acids is 2. The highest BCUT2D eigenvalue weighted by atomic mass is 16.5. The van der Waals surface area contributed by atoms with Crippen molar-refractivity contribution in [2.45, 2.75) is 6.61 Å². The standard InChI is InChI=1S/C23H19N3O3/c27-22(25-26-23(28)21-14-18-6-4-5-9-20(18)24-21)17-12-10-16(11-13-17)15-29-19-7-2-1-3-8-19/h1-14,24H,15H2,(H,25,27)(H,26,28). The second-order valence-electron chi connectivity index (χ2n) is 6.48. The third-order valence-electron chi connectivity index (χ3n) is 4.43. The average Bonchev–Trinajstić information content (AvgIpc) is 3.21. The van der Waals surface area contributed by atoms with Crippen molar-refractivity contribution >= 4 is 22.7 Å². The molecule has 2 amide bonds. The molecule has 0 bridgehead atoms. The molecular weight excluding hydrogens is 366 g/mol. The summed E-state index contributed by atoms with van der Waals surface area (Å²) < 4.78 is 5.68. The van der Waals surface area contributed by atoms with E-state index in [0.717, 1.165) is 22.2 Å². The van der Waals surface area contributed by atoms with E-state index in [2.05, 4.69) is 15.8 Å². The van der Waals surface area contributed by atoms with Gasteiger partial charge in [-0.1, -0.05) is 48.5 Å². The summed E-state index contributed by atoms with van der Waals surface area (Å²) in [6.07, 6.45) is 0. The first-order valence-electron chi connectivity index (χ1n) is 9.14. The lowest BCUT2D eigenvalue weighted by molar-refractivity contribution is 0.0844. The minimum atomic E-state index is -0.414. The third kappa shape index (κ3) is 4.44. The van der Waals surface area contributed by atoms with Crippen LogP contribution >= 0.6 is 0 Å². The maximum Gasteiger partial charge on any atom is 0.286 e. The van der Waals surface area contributed by atoms with Crippen molar-refractivity contribution in [1.82, 2.24) is 15.8 Å². The van der Waals surface area contributed by atoms with Crippen LogP contribution in [0, 0.1) is 0 Å². The van der Waals surface area contributed by atoms with Gasteiger partial charge in [-0.3, -0.25) is 20.4 Å². The summed E-state index contributed by atoms with van der Waals surface area (Å²) in [5, 5.41) is 0.928. The van der Waals surface area contributed by atoms with E-state index in [0.29, 0.717) is 17.9 Å². The molecule has 6 nitrogen and oxygen atoms in total. The summed E-state index contributed by atoms with van der Waals surface area (Å²) in [6.45, 7) is 0.406. The number of para-hydroxylation sites is 2. The van der Waals surface area contributed by atoms with Gasteiger partial charge in [0.05, 0.1) is 0 Å². The lowest BCUT2D eigenvalue weighted by Crippen LogP contribution is -2.41. The lowest BCUT2D eigenvalue weighted by Gasteiger charge is -2.08. The molecule has 6 heteroatoms. The topological polar surface area (TPSA) is 83.2 Å². The highest BCUT2D eigenvalue weighted by molar-refractivity contribution is 6.00. The maximum absolute atomic E-state index is 12.3. The Kier molecular flexibility index (Phi) is 5.25. The highest BCUT2D eigenvalue weighted by Crippen LogP contribution is 2.14. The number of H-pyrrole nitrogens is 1. The van der Waals surface area contributed by atoms with E-state index in [1.807, 2.05) is 66.7 Å². The Balaban J connectivity index is 1.31. The lowest BCUT2D eigenvalue weighted by atomic mass is 10.1. The molecule has 1 aromatic heterocycles. The van der Waals surface area contributed by atoms with E-state index in [9.17, 15) is 9.59 Å². The van der Waals surface area contributed by atoms with Gasteiger partial charge in [-0.2, -0.15) is 0 Å². The molecule has 1 heterocycles. The molecule has 0 aliphatic heterocycles. The molecule has 0 saturated heterocycles. The Morgan fingerprint density at radius 3 is 2.24 bits per heavy atom. The molecule has 0 radical (unpaired) electrons. The van der Waals surface area contributed by atoms with Gasteiger partial charge in [-0.25, -0.2) is 0 Å². The van der Waals surface area contributed by atoms with E-state index in [1.54, 1.807) is 18.2 Å². The Morgan fingerprint density at radius 1 is 0.793 bits per heavy atom. The van der Waals surface area contributed by atoms with Crippen LogP contribution in [0.3, 0.4) is 0 Å². The normalized spacial score (nSPS) is 10.5. The second kappa shape index (κ2) is 8.31. The molecule has 3 aromatic carbocycles. The number of aromatic nitrogens is 1. The van der Waals surface area contributed by atoms with E-state index >= 15 is 0 Å². The number of fused-ring (bicyclic) bond motifs is 1. The second-order valence-corrected chi connectivity index (χ2v) is 6.48. The zero-order chi connectivity index (χ0) is 20.1. The average molecular weight is 385 g/mol. The van der Waals surface area contributed by atoms with Gasteiger partial charge in [0.15, 0.2) is 0 Å². The van der Waals surface area contributed by atoms with E-state index in [4.69, 9.17) is 4.74 Å². The zero-order valence-corrected chi connectivity index (χ0v) is 15.5. The smallest absolute Gasteiger partial charge is 0.286 e. The van der Waals surface area contributed by atoms with Gasteiger partial charge in [-0.05, 0) is 42.0 Å². The van der Waals surface area contributed by atoms with Crippen LogP contribution in [0.25, 0.3) is 10.9 Å². The van der Waals surface area contributed by atoms with Crippen LogP contribution in [0.4, 0.5) is 0 Å². The van der Waals surface area contributed by atoms with Gasteiger partial charge in [0.25, 0.3) is 11.8 Å². The van der Waals surface area contributed by atoms with Crippen LogP contribution in [-0.2, 0) is 6.61 Å². The minimum Gasteiger partial charge on any atom is -0.489 e. The molecule has 0 saturated carbocycles. The predicted molar refractivity (Wildman–Crippen MR) is 110 cm³/mol. The number of hydrazine groups is 1. The molecule has 0 aliphatic carbocycles. The number of carbonyl (C=O) groups is 2. The molecular formula is C23H19N3O3. The van der Waals surface area contributed by atoms with Crippen LogP contribution < -0.4 is 15.6 Å². The fraction of sp³-hybridized carbons (Fsp3) is 0.0435. The first kappa shape index (κ1) is 18.3. The number of aromatic amines is 1. The largest absolute Gasteiger partial charge is 0.489 e. The Bertz CT molecular complexity index is 1100. The van der Waals surface area contributed by atoms with E-state index in [-0.39, 0.29) is 0 Å². The summed E-state index contributed by atoms with van der Waals surface area (Å²) >= 11 is 0. The predicted octanol–water partition coefficient (Wildman–Crippen LogP) is 3.82. The Hall–Kier alpha value is -4.06. The summed E-state index contributed by atoms with van der Waals surface area (Å²) in [5.74, 6) is -0.0265. The van der Waals surface area contributed by atoms with Gasteiger partial charge in [0.2, 0.25) is 0 Å².